The summed E-state index contributed by atoms with van der Waals surface area (Å²) in [6.07, 6.45) is 0. The molecule has 4 nitrogen and oxygen atoms in total. The second-order valence-electron chi connectivity index (χ2n) is 4.73. The molecule has 2 rings (SSSR count). The first kappa shape index (κ1) is 15.8. The summed E-state index contributed by atoms with van der Waals surface area (Å²) in [7, 11) is -3.89. The summed E-state index contributed by atoms with van der Waals surface area (Å²) in [4.78, 5) is -0.157. The van der Waals surface area contributed by atoms with Gasteiger partial charge in [-0.3, -0.25) is 4.72 Å². The Hall–Kier alpha value is -1.60. The quantitative estimate of drug-likeness (QED) is 0.808. The van der Waals surface area contributed by atoms with Gasteiger partial charge in [-0.05, 0) is 65.2 Å². The average Bonchev–Trinajstić information content (AvgIpc) is 2.33. The number of hydrogen-bond acceptors (Lipinski definition) is 3. The summed E-state index contributed by atoms with van der Waals surface area (Å²) in [6.45, 7) is 3.71. The number of anilines is 2. The number of nitrogens with one attached hydrogen (secondary N) is 1. The van der Waals surface area contributed by atoms with Crippen LogP contribution in [0.4, 0.5) is 15.8 Å². The number of nitrogen functional groups attached to an aromatic ring is 1. The van der Waals surface area contributed by atoms with Gasteiger partial charge >= 0.3 is 0 Å². The fourth-order valence-electron chi connectivity index (χ4n) is 2.00. The molecule has 2 aromatic carbocycles. The number of nitrogens with two attached hydrogens (primary N) is 1. The summed E-state index contributed by atoms with van der Waals surface area (Å²) in [5.74, 6) is -0.584. The summed E-state index contributed by atoms with van der Waals surface area (Å²) in [6, 6.07) is 6.84. The maximum atomic E-state index is 13.0. The fraction of sp³-hybridized carbons (Fsp3) is 0.143. The molecule has 21 heavy (non-hydrogen) atoms. The van der Waals surface area contributed by atoms with Gasteiger partial charge in [0.05, 0.1) is 11.4 Å². The van der Waals surface area contributed by atoms with E-state index in [0.717, 1.165) is 29.3 Å². The van der Waals surface area contributed by atoms with Crippen molar-refractivity contribution in [2.24, 2.45) is 0 Å². The van der Waals surface area contributed by atoms with Gasteiger partial charge in [0.25, 0.3) is 10.0 Å². The van der Waals surface area contributed by atoms with Gasteiger partial charge in [0.15, 0.2) is 0 Å². The van der Waals surface area contributed by atoms with Gasteiger partial charge in [-0.15, -0.1) is 0 Å². The van der Waals surface area contributed by atoms with Gasteiger partial charge < -0.3 is 5.73 Å². The van der Waals surface area contributed by atoms with Crippen LogP contribution in [0.15, 0.2) is 39.7 Å². The number of halogens is 2. The molecule has 0 aromatic heterocycles. The second kappa shape index (κ2) is 5.65. The summed E-state index contributed by atoms with van der Waals surface area (Å²) >= 11 is 3.34. The second-order valence-corrected chi connectivity index (χ2v) is 7.23. The summed E-state index contributed by atoms with van der Waals surface area (Å²) in [5.41, 5.74) is 7.66. The van der Waals surface area contributed by atoms with Gasteiger partial charge in [0.2, 0.25) is 0 Å². The zero-order chi connectivity index (χ0) is 15.8. The average molecular weight is 373 g/mol. The Balaban J connectivity index is 2.47. The lowest BCUT2D eigenvalue weighted by Gasteiger charge is -2.14. The van der Waals surface area contributed by atoms with E-state index in [4.69, 9.17) is 5.73 Å². The Kier molecular flexibility index (Phi) is 4.25. The third-order valence-electron chi connectivity index (χ3n) is 2.93. The van der Waals surface area contributed by atoms with E-state index in [-0.39, 0.29) is 10.6 Å². The molecule has 0 radical (unpaired) electrons. The zero-order valence-electron chi connectivity index (χ0n) is 11.4. The van der Waals surface area contributed by atoms with Gasteiger partial charge in [0, 0.05) is 4.47 Å². The molecule has 0 saturated heterocycles. The van der Waals surface area contributed by atoms with Crippen LogP contribution in [-0.4, -0.2) is 8.42 Å². The number of sulfonamides is 1. The fourth-order valence-corrected chi connectivity index (χ4v) is 4.17. The van der Waals surface area contributed by atoms with Crippen molar-refractivity contribution in [3.8, 4) is 0 Å². The molecule has 2 aromatic rings. The maximum absolute atomic E-state index is 13.0. The smallest absolute Gasteiger partial charge is 0.263 e. The zero-order valence-corrected chi connectivity index (χ0v) is 13.8. The molecule has 112 valence electrons. The van der Waals surface area contributed by atoms with E-state index < -0.39 is 15.8 Å². The van der Waals surface area contributed by atoms with Crippen molar-refractivity contribution in [2.45, 2.75) is 18.7 Å². The van der Waals surface area contributed by atoms with Crippen molar-refractivity contribution in [3.63, 3.8) is 0 Å². The van der Waals surface area contributed by atoms with Crippen molar-refractivity contribution in [1.82, 2.24) is 0 Å². The van der Waals surface area contributed by atoms with Crippen LogP contribution in [0.2, 0.25) is 0 Å². The Bertz CT molecular complexity index is 784. The first-order chi connectivity index (χ1) is 9.70. The van der Waals surface area contributed by atoms with Gasteiger partial charge in [-0.2, -0.15) is 0 Å². The van der Waals surface area contributed by atoms with E-state index in [1.165, 1.54) is 0 Å². The van der Waals surface area contributed by atoms with Crippen LogP contribution in [-0.2, 0) is 10.0 Å². The number of hydrogen-bond donors (Lipinski definition) is 2. The third kappa shape index (κ3) is 3.36. The molecule has 0 heterocycles. The Labute approximate surface area is 131 Å². The van der Waals surface area contributed by atoms with Crippen LogP contribution in [0.3, 0.4) is 0 Å². The number of benzene rings is 2. The van der Waals surface area contributed by atoms with Gasteiger partial charge in [-0.1, -0.05) is 6.07 Å². The highest BCUT2D eigenvalue weighted by Gasteiger charge is 2.20. The van der Waals surface area contributed by atoms with E-state index >= 15 is 0 Å². The lowest BCUT2D eigenvalue weighted by molar-refractivity contribution is 0.600. The van der Waals surface area contributed by atoms with Crippen molar-refractivity contribution in [1.29, 1.82) is 0 Å². The van der Waals surface area contributed by atoms with Crippen molar-refractivity contribution >= 4 is 37.3 Å². The Morgan fingerprint density at radius 1 is 1.19 bits per heavy atom. The van der Waals surface area contributed by atoms with Gasteiger partial charge in [0.1, 0.15) is 10.7 Å². The molecule has 0 saturated carbocycles. The molecule has 7 heteroatoms. The van der Waals surface area contributed by atoms with Crippen molar-refractivity contribution in [3.05, 3.63) is 51.7 Å². The monoisotopic (exact) mass is 372 g/mol. The topological polar surface area (TPSA) is 72.2 Å². The molecular weight excluding hydrogens is 359 g/mol. The van der Waals surface area contributed by atoms with Crippen LogP contribution < -0.4 is 10.5 Å². The molecule has 3 N–H and O–H groups in total. The minimum Gasteiger partial charge on any atom is -0.398 e. The molecular formula is C14H14BrFN2O2S. The maximum Gasteiger partial charge on any atom is 0.263 e. The largest absolute Gasteiger partial charge is 0.398 e. The summed E-state index contributed by atoms with van der Waals surface area (Å²) in [5, 5.41) is 0. The summed E-state index contributed by atoms with van der Waals surface area (Å²) < 4.78 is 40.9. The van der Waals surface area contributed by atoms with Crippen molar-refractivity contribution in [2.75, 3.05) is 10.5 Å². The van der Waals surface area contributed by atoms with Gasteiger partial charge in [-0.25, -0.2) is 12.8 Å². The Morgan fingerprint density at radius 3 is 2.43 bits per heavy atom. The predicted molar refractivity (Wildman–Crippen MR) is 85.2 cm³/mol. The molecule has 0 spiro atoms. The molecule has 0 bridgehead atoms. The molecule has 0 unspecified atom stereocenters. The van der Waals surface area contributed by atoms with Crippen LogP contribution in [0.25, 0.3) is 0 Å². The first-order valence-electron chi connectivity index (χ1n) is 6.05. The molecule has 0 fully saturated rings. The first-order valence-corrected chi connectivity index (χ1v) is 8.33. The van der Waals surface area contributed by atoms with Crippen LogP contribution in [0.1, 0.15) is 11.1 Å². The minimum absolute atomic E-state index is 0.136. The molecule has 0 aliphatic carbocycles. The van der Waals surface area contributed by atoms with E-state index in [0.29, 0.717) is 10.2 Å². The van der Waals surface area contributed by atoms with E-state index in [1.54, 1.807) is 13.0 Å². The number of rotatable bonds is 3. The highest BCUT2D eigenvalue weighted by Crippen LogP contribution is 2.31. The van der Waals surface area contributed by atoms with Crippen LogP contribution in [0, 0.1) is 19.7 Å². The van der Waals surface area contributed by atoms with E-state index in [1.807, 2.05) is 13.0 Å². The lowest BCUT2D eigenvalue weighted by Crippen LogP contribution is -2.16. The Morgan fingerprint density at radius 2 is 1.86 bits per heavy atom. The highest BCUT2D eigenvalue weighted by molar-refractivity contribution is 9.10. The van der Waals surface area contributed by atoms with E-state index in [9.17, 15) is 12.8 Å². The molecule has 0 aliphatic rings. The minimum atomic E-state index is -3.89. The SMILES string of the molecule is Cc1cc(C)c(NS(=O)(=O)c2ccc(F)cc2N)c(Br)c1. The number of aryl methyl sites for hydroxylation is 2. The predicted octanol–water partition coefficient (Wildman–Crippen LogP) is 3.59. The standard InChI is InChI=1S/C14H14BrFN2O2S/c1-8-5-9(2)14(11(15)6-8)18-21(19,20)13-4-3-10(16)7-12(13)17/h3-7,18H,17H2,1-2H3. The van der Waals surface area contributed by atoms with Crippen LogP contribution in [0.5, 0.6) is 0 Å². The van der Waals surface area contributed by atoms with Crippen molar-refractivity contribution < 1.29 is 12.8 Å². The highest BCUT2D eigenvalue weighted by atomic mass is 79.9. The molecule has 0 amide bonds. The van der Waals surface area contributed by atoms with Crippen LogP contribution >= 0.6 is 15.9 Å². The lowest BCUT2D eigenvalue weighted by atomic mass is 10.1. The van der Waals surface area contributed by atoms with E-state index in [2.05, 4.69) is 20.7 Å². The third-order valence-corrected chi connectivity index (χ3v) is 4.98. The normalized spacial score (nSPS) is 11.4. The molecule has 0 aliphatic heterocycles. The molecule has 0 atom stereocenters.